The van der Waals surface area contributed by atoms with Crippen LogP contribution in [0.1, 0.15) is 19.3 Å². The zero-order chi connectivity index (χ0) is 21.9. The van der Waals surface area contributed by atoms with Crippen molar-refractivity contribution in [3.8, 4) is 5.75 Å². The van der Waals surface area contributed by atoms with Gasteiger partial charge in [-0.15, -0.1) is 0 Å². The average molecular weight is 432 g/mol. The lowest BCUT2D eigenvalue weighted by Crippen LogP contribution is -2.37. The summed E-state index contributed by atoms with van der Waals surface area (Å²) >= 11 is 0. The molecule has 2 aromatic carbocycles. The van der Waals surface area contributed by atoms with E-state index in [1.807, 2.05) is 42.5 Å². The largest absolute Gasteiger partial charge is 0.464 e. The third kappa shape index (κ3) is 4.16. The van der Waals surface area contributed by atoms with Crippen molar-refractivity contribution < 1.29 is 13.9 Å². The number of halogens is 1. The van der Waals surface area contributed by atoms with Crippen LogP contribution in [0, 0.1) is 0 Å². The van der Waals surface area contributed by atoms with Gasteiger partial charge in [0.2, 0.25) is 6.23 Å². The molecule has 164 valence electrons. The van der Waals surface area contributed by atoms with Crippen LogP contribution in [0.2, 0.25) is 0 Å². The standard InChI is InChI=1S/C25H25FN4O2/c26-20-14-17(15-22(20)30-12-4-1-5-13-30)25(31)29-21-8-9-23(19-7-3-2-6-18(19)21)32-24-10-11-27-16-28-24/h2-3,6-11,14-16,22,24H,1,4-5,12-13H2,(H,27,28)(H,29,31). The van der Waals surface area contributed by atoms with Crippen molar-refractivity contribution in [2.24, 2.45) is 4.99 Å². The van der Waals surface area contributed by atoms with E-state index >= 15 is 0 Å². The topological polar surface area (TPSA) is 66.0 Å². The van der Waals surface area contributed by atoms with Crippen molar-refractivity contribution in [2.45, 2.75) is 31.5 Å². The highest BCUT2D eigenvalue weighted by Gasteiger charge is 2.29. The lowest BCUT2D eigenvalue weighted by atomic mass is 10.1. The van der Waals surface area contributed by atoms with E-state index in [9.17, 15) is 9.18 Å². The zero-order valence-corrected chi connectivity index (χ0v) is 17.6. The summed E-state index contributed by atoms with van der Waals surface area (Å²) in [5.74, 6) is 0.0918. The second-order valence-corrected chi connectivity index (χ2v) is 8.12. The summed E-state index contributed by atoms with van der Waals surface area (Å²) in [4.78, 5) is 19.3. The first-order valence-electron chi connectivity index (χ1n) is 11.0. The third-order valence-electron chi connectivity index (χ3n) is 5.99. The summed E-state index contributed by atoms with van der Waals surface area (Å²) < 4.78 is 20.6. The Balaban J connectivity index is 1.37. The van der Waals surface area contributed by atoms with Crippen LogP contribution in [0.3, 0.4) is 0 Å². The van der Waals surface area contributed by atoms with Crippen LogP contribution in [0.25, 0.3) is 10.8 Å². The number of carbonyl (C=O) groups excluding carboxylic acids is 1. The summed E-state index contributed by atoms with van der Waals surface area (Å²) in [7, 11) is 0. The summed E-state index contributed by atoms with van der Waals surface area (Å²) in [6, 6.07) is 10.9. The molecule has 32 heavy (non-hydrogen) atoms. The number of hydrogen-bond donors (Lipinski definition) is 2. The average Bonchev–Trinajstić information content (AvgIpc) is 3.23. The molecule has 0 spiro atoms. The predicted octanol–water partition coefficient (Wildman–Crippen LogP) is 4.28. The molecular formula is C25H25FN4O2. The number of likely N-dealkylation sites (tertiary alicyclic amines) is 1. The molecule has 2 N–H and O–H groups in total. The number of hydrogen-bond acceptors (Lipinski definition) is 5. The normalized spacial score (nSPS) is 22.9. The molecule has 2 aliphatic heterocycles. The maximum absolute atomic E-state index is 14.6. The first kappa shape index (κ1) is 20.5. The molecule has 2 aromatic rings. The van der Waals surface area contributed by atoms with Gasteiger partial charge < -0.3 is 15.4 Å². The second kappa shape index (κ2) is 8.96. The number of nitrogens with zero attached hydrogens (tertiary/aromatic N) is 2. The highest BCUT2D eigenvalue weighted by Crippen LogP contribution is 2.33. The minimum Gasteiger partial charge on any atom is -0.464 e. The van der Waals surface area contributed by atoms with E-state index < -0.39 is 12.3 Å². The first-order chi connectivity index (χ1) is 15.7. The molecule has 1 fully saturated rings. The highest BCUT2D eigenvalue weighted by atomic mass is 19.1. The molecule has 7 heteroatoms. The number of amides is 1. The van der Waals surface area contributed by atoms with Crippen LogP contribution in [0.5, 0.6) is 5.75 Å². The van der Waals surface area contributed by atoms with Crippen molar-refractivity contribution in [1.82, 2.24) is 10.2 Å². The number of anilines is 1. The third-order valence-corrected chi connectivity index (χ3v) is 5.99. The molecule has 0 saturated carbocycles. The number of nitrogens with one attached hydrogen (secondary N) is 2. The van der Waals surface area contributed by atoms with E-state index in [2.05, 4.69) is 20.5 Å². The van der Waals surface area contributed by atoms with Crippen molar-refractivity contribution in [3.63, 3.8) is 0 Å². The Morgan fingerprint density at radius 2 is 1.94 bits per heavy atom. The molecule has 5 rings (SSSR count). The van der Waals surface area contributed by atoms with Gasteiger partial charge in [-0.2, -0.15) is 0 Å². The van der Waals surface area contributed by atoms with Crippen molar-refractivity contribution in [1.29, 1.82) is 0 Å². The number of piperidine rings is 1. The van der Waals surface area contributed by atoms with Crippen LogP contribution in [0.4, 0.5) is 10.1 Å². The van der Waals surface area contributed by atoms with E-state index in [0.29, 0.717) is 17.0 Å². The molecule has 1 amide bonds. The van der Waals surface area contributed by atoms with Crippen LogP contribution in [-0.2, 0) is 4.79 Å². The van der Waals surface area contributed by atoms with Crippen LogP contribution in [-0.4, -0.2) is 42.5 Å². The summed E-state index contributed by atoms with van der Waals surface area (Å²) in [6.07, 6.45) is 11.2. The molecule has 1 saturated heterocycles. The summed E-state index contributed by atoms with van der Waals surface area (Å²) in [5, 5.41) is 7.54. The molecule has 0 bridgehead atoms. The minimum absolute atomic E-state index is 0.263. The van der Waals surface area contributed by atoms with Gasteiger partial charge in [-0.25, -0.2) is 9.38 Å². The smallest absolute Gasteiger partial charge is 0.255 e. The molecule has 1 aliphatic carbocycles. The Kier molecular flexibility index (Phi) is 5.73. The molecule has 6 nitrogen and oxygen atoms in total. The molecule has 2 atom stereocenters. The van der Waals surface area contributed by atoms with Gasteiger partial charge in [-0.05, 0) is 56.3 Å². The summed E-state index contributed by atoms with van der Waals surface area (Å²) in [6.45, 7) is 1.72. The SMILES string of the molecule is O=C(Nc1ccc(OC2C=CNC=N2)c2ccccc12)C1=CC(N2CCCCC2)C(F)=C1. The maximum Gasteiger partial charge on any atom is 0.255 e. The number of rotatable bonds is 5. The Hall–Kier alpha value is -3.45. The van der Waals surface area contributed by atoms with E-state index in [4.69, 9.17) is 4.74 Å². The fourth-order valence-corrected chi connectivity index (χ4v) is 4.37. The van der Waals surface area contributed by atoms with E-state index in [0.717, 1.165) is 36.7 Å². The van der Waals surface area contributed by atoms with E-state index in [1.165, 1.54) is 12.5 Å². The molecule has 2 unspecified atom stereocenters. The summed E-state index contributed by atoms with van der Waals surface area (Å²) in [5.41, 5.74) is 1.01. The number of fused-ring (bicyclic) bond motifs is 1. The van der Waals surface area contributed by atoms with Gasteiger partial charge in [-0.3, -0.25) is 9.69 Å². The molecule has 0 aromatic heterocycles. The Bertz CT molecular complexity index is 1140. The van der Waals surface area contributed by atoms with Gasteiger partial charge in [-0.1, -0.05) is 30.7 Å². The van der Waals surface area contributed by atoms with Gasteiger partial charge in [0.25, 0.3) is 5.91 Å². The lowest BCUT2D eigenvalue weighted by molar-refractivity contribution is -0.112. The van der Waals surface area contributed by atoms with Crippen molar-refractivity contribution >= 4 is 28.7 Å². The second-order valence-electron chi connectivity index (χ2n) is 8.12. The maximum atomic E-state index is 14.6. The van der Waals surface area contributed by atoms with Gasteiger partial charge in [0.1, 0.15) is 11.6 Å². The number of benzene rings is 2. The van der Waals surface area contributed by atoms with Crippen molar-refractivity contribution in [3.05, 3.63) is 72.2 Å². The van der Waals surface area contributed by atoms with E-state index in [1.54, 1.807) is 18.6 Å². The molecular weight excluding hydrogens is 407 g/mol. The molecule has 2 heterocycles. The Morgan fingerprint density at radius 3 is 2.72 bits per heavy atom. The fraction of sp³-hybridized carbons (Fsp3) is 0.280. The van der Waals surface area contributed by atoms with Crippen LogP contribution in [0.15, 0.2) is 77.2 Å². The van der Waals surface area contributed by atoms with Crippen molar-refractivity contribution in [2.75, 3.05) is 18.4 Å². The van der Waals surface area contributed by atoms with E-state index in [-0.39, 0.29) is 11.7 Å². The fourth-order valence-electron chi connectivity index (χ4n) is 4.37. The quantitative estimate of drug-likeness (QED) is 0.740. The first-order valence-corrected chi connectivity index (χ1v) is 11.0. The van der Waals surface area contributed by atoms with Gasteiger partial charge in [0.05, 0.1) is 12.4 Å². The number of ether oxygens (including phenoxy) is 1. The zero-order valence-electron chi connectivity index (χ0n) is 17.6. The van der Waals surface area contributed by atoms with Gasteiger partial charge in [0.15, 0.2) is 0 Å². The highest BCUT2D eigenvalue weighted by molar-refractivity contribution is 6.11. The Morgan fingerprint density at radius 1 is 1.12 bits per heavy atom. The van der Waals surface area contributed by atoms with Crippen LogP contribution >= 0.6 is 0 Å². The monoisotopic (exact) mass is 432 g/mol. The van der Waals surface area contributed by atoms with Gasteiger partial charge in [0, 0.05) is 28.2 Å². The lowest BCUT2D eigenvalue weighted by Gasteiger charge is -2.30. The van der Waals surface area contributed by atoms with Crippen LogP contribution < -0.4 is 15.4 Å². The minimum atomic E-state index is -0.429. The molecule has 0 radical (unpaired) electrons. The predicted molar refractivity (Wildman–Crippen MR) is 124 cm³/mol. The number of aliphatic imine (C=N–C) groups is 1. The molecule has 3 aliphatic rings. The number of carbonyl (C=O) groups is 1. The Labute approximate surface area is 186 Å². The van der Waals surface area contributed by atoms with Gasteiger partial charge >= 0.3 is 0 Å².